The zero-order valence-corrected chi connectivity index (χ0v) is 9.91. The summed E-state index contributed by atoms with van der Waals surface area (Å²) >= 11 is 0. The van der Waals surface area contributed by atoms with Crippen LogP contribution in [0, 0.1) is 12.3 Å². The number of aromatic nitrogens is 1. The van der Waals surface area contributed by atoms with Gasteiger partial charge in [0.05, 0.1) is 4.91 Å². The summed E-state index contributed by atoms with van der Waals surface area (Å²) in [6, 6.07) is 1.49. The van der Waals surface area contributed by atoms with Crippen LogP contribution in [-0.2, 0) is 10.0 Å². The normalized spacial score (nSPS) is 15.8. The van der Waals surface area contributed by atoms with E-state index < -0.39 is 10.0 Å². The van der Waals surface area contributed by atoms with Gasteiger partial charge in [0, 0.05) is 18.2 Å². The van der Waals surface area contributed by atoms with Crippen molar-refractivity contribution < 1.29 is 12.9 Å². The molecule has 0 saturated heterocycles. The molecule has 0 aromatic carbocycles. The Kier molecular flexibility index (Phi) is 2.84. The van der Waals surface area contributed by atoms with Crippen LogP contribution in [0.25, 0.3) is 0 Å². The summed E-state index contributed by atoms with van der Waals surface area (Å²) < 4.78 is 30.8. The van der Waals surface area contributed by atoms with Crippen LogP contribution in [0.3, 0.4) is 0 Å². The molecule has 0 spiro atoms. The van der Waals surface area contributed by atoms with Crippen molar-refractivity contribution in [1.82, 2.24) is 5.16 Å². The molecular weight excluding hydrogens is 242 g/mol. The highest BCUT2D eigenvalue weighted by molar-refractivity contribution is 7.96. The fourth-order valence-corrected chi connectivity index (χ4v) is 2.38. The molecule has 0 saturated carbocycles. The summed E-state index contributed by atoms with van der Waals surface area (Å²) in [6.45, 7) is 1.67. The lowest BCUT2D eigenvalue weighted by Gasteiger charge is -2.08. The molecule has 0 amide bonds. The van der Waals surface area contributed by atoms with Crippen LogP contribution in [0.1, 0.15) is 12.2 Å². The molecule has 1 aromatic heterocycles. The first kappa shape index (κ1) is 11.6. The van der Waals surface area contributed by atoms with Crippen molar-refractivity contribution in [2.45, 2.75) is 13.3 Å². The number of rotatable bonds is 3. The lowest BCUT2D eigenvalue weighted by molar-refractivity contribution is 0.400. The second-order valence-electron chi connectivity index (χ2n) is 3.60. The van der Waals surface area contributed by atoms with E-state index >= 15 is 0 Å². The number of allylic oxidation sites excluding steroid dienone is 3. The standard InChI is InChI=1S/C10H11N3O3S/c1-7-6-10(12-16-7)13-17(14,15)9-4-2-8(11)3-5-9/h2,4-6,11H,3H2,1H3,(H,12,13). The minimum Gasteiger partial charge on any atom is -0.360 e. The SMILES string of the molecule is Cc1cc(NS(=O)(=O)C2=CCC(=N)C=C2)no1. The monoisotopic (exact) mass is 253 g/mol. The average Bonchev–Trinajstić information content (AvgIpc) is 2.63. The fourth-order valence-electron chi connectivity index (χ4n) is 1.34. The predicted molar refractivity (Wildman–Crippen MR) is 63.3 cm³/mol. The molecule has 0 atom stereocenters. The summed E-state index contributed by atoms with van der Waals surface area (Å²) in [5.41, 5.74) is 0.376. The molecule has 0 radical (unpaired) electrons. The first-order valence-corrected chi connectivity index (χ1v) is 6.37. The highest BCUT2D eigenvalue weighted by Crippen LogP contribution is 2.18. The summed E-state index contributed by atoms with van der Waals surface area (Å²) in [6.07, 6.45) is 4.64. The average molecular weight is 253 g/mol. The smallest absolute Gasteiger partial charge is 0.262 e. The lowest BCUT2D eigenvalue weighted by Crippen LogP contribution is -2.16. The van der Waals surface area contributed by atoms with E-state index in [1.165, 1.54) is 24.3 Å². The largest absolute Gasteiger partial charge is 0.360 e. The fraction of sp³-hybridized carbons (Fsp3) is 0.200. The number of nitrogens with one attached hydrogen (secondary N) is 2. The molecule has 1 aliphatic carbocycles. The van der Waals surface area contributed by atoms with Gasteiger partial charge in [-0.1, -0.05) is 11.2 Å². The van der Waals surface area contributed by atoms with Gasteiger partial charge < -0.3 is 9.93 Å². The molecule has 0 aliphatic heterocycles. The Morgan fingerprint density at radius 1 is 1.47 bits per heavy atom. The van der Waals surface area contributed by atoms with Crippen LogP contribution in [0.5, 0.6) is 0 Å². The molecule has 2 rings (SSSR count). The molecule has 1 aliphatic rings. The molecule has 1 heterocycles. The number of anilines is 1. The number of hydrogen-bond donors (Lipinski definition) is 2. The van der Waals surface area contributed by atoms with E-state index in [4.69, 9.17) is 9.93 Å². The van der Waals surface area contributed by atoms with Crippen molar-refractivity contribution in [3.05, 3.63) is 35.0 Å². The van der Waals surface area contributed by atoms with E-state index in [2.05, 4.69) is 9.88 Å². The Balaban J connectivity index is 2.20. The number of aryl methyl sites for hydroxylation is 1. The highest BCUT2D eigenvalue weighted by Gasteiger charge is 2.18. The lowest BCUT2D eigenvalue weighted by atomic mass is 10.2. The van der Waals surface area contributed by atoms with E-state index in [9.17, 15) is 8.42 Å². The van der Waals surface area contributed by atoms with Gasteiger partial charge in [0.15, 0.2) is 5.82 Å². The zero-order valence-electron chi connectivity index (χ0n) is 9.10. The number of sulfonamides is 1. The van der Waals surface area contributed by atoms with Crippen molar-refractivity contribution in [2.24, 2.45) is 0 Å². The minimum atomic E-state index is -3.64. The van der Waals surface area contributed by atoms with Crippen molar-refractivity contribution in [1.29, 1.82) is 5.41 Å². The molecular formula is C10H11N3O3S. The maximum Gasteiger partial charge on any atom is 0.262 e. The maximum absolute atomic E-state index is 11.9. The van der Waals surface area contributed by atoms with Gasteiger partial charge in [-0.25, -0.2) is 8.42 Å². The number of hydrogen-bond acceptors (Lipinski definition) is 5. The Morgan fingerprint density at radius 3 is 2.76 bits per heavy atom. The van der Waals surface area contributed by atoms with E-state index in [0.717, 1.165) is 0 Å². The topological polar surface area (TPSA) is 96.1 Å². The summed E-state index contributed by atoms with van der Waals surface area (Å²) in [5, 5.41) is 10.9. The van der Waals surface area contributed by atoms with Gasteiger partial charge >= 0.3 is 0 Å². The van der Waals surface area contributed by atoms with Gasteiger partial charge in [0.2, 0.25) is 0 Å². The van der Waals surface area contributed by atoms with E-state index in [0.29, 0.717) is 17.9 Å². The van der Waals surface area contributed by atoms with Crippen LogP contribution in [-0.4, -0.2) is 19.3 Å². The summed E-state index contributed by atoms with van der Waals surface area (Å²) in [5.74, 6) is 0.676. The van der Waals surface area contributed by atoms with E-state index in [-0.39, 0.29) is 10.7 Å². The van der Waals surface area contributed by atoms with Crippen molar-refractivity contribution in [3.63, 3.8) is 0 Å². The van der Waals surface area contributed by atoms with Gasteiger partial charge in [0.25, 0.3) is 10.0 Å². The van der Waals surface area contributed by atoms with Crippen LogP contribution in [0.2, 0.25) is 0 Å². The second kappa shape index (κ2) is 4.17. The first-order valence-electron chi connectivity index (χ1n) is 4.89. The van der Waals surface area contributed by atoms with Crippen molar-refractivity contribution in [2.75, 3.05) is 4.72 Å². The molecule has 6 nitrogen and oxygen atoms in total. The second-order valence-corrected chi connectivity index (χ2v) is 5.28. The Bertz CT molecular complexity index is 610. The zero-order chi connectivity index (χ0) is 12.5. The molecule has 0 bridgehead atoms. The van der Waals surface area contributed by atoms with E-state index in [1.807, 2.05) is 0 Å². The molecule has 0 fully saturated rings. The Morgan fingerprint density at radius 2 is 2.24 bits per heavy atom. The number of nitrogens with zero attached hydrogens (tertiary/aromatic N) is 1. The molecule has 2 N–H and O–H groups in total. The summed E-state index contributed by atoms with van der Waals surface area (Å²) in [7, 11) is -3.64. The summed E-state index contributed by atoms with van der Waals surface area (Å²) in [4.78, 5) is 0.133. The van der Waals surface area contributed by atoms with Crippen LogP contribution < -0.4 is 4.72 Å². The third-order valence-corrected chi connectivity index (χ3v) is 3.55. The molecule has 0 unspecified atom stereocenters. The first-order chi connectivity index (χ1) is 7.97. The predicted octanol–water partition coefficient (Wildman–Crippen LogP) is 1.59. The molecule has 17 heavy (non-hydrogen) atoms. The van der Waals surface area contributed by atoms with Crippen LogP contribution in [0.15, 0.2) is 33.7 Å². The quantitative estimate of drug-likeness (QED) is 0.854. The molecule has 7 heteroatoms. The van der Waals surface area contributed by atoms with Gasteiger partial charge in [0.1, 0.15) is 5.76 Å². The van der Waals surface area contributed by atoms with Gasteiger partial charge in [-0.15, -0.1) is 0 Å². The van der Waals surface area contributed by atoms with Gasteiger partial charge in [-0.05, 0) is 19.1 Å². The Labute approximate surface area is 98.6 Å². The highest BCUT2D eigenvalue weighted by atomic mass is 32.2. The van der Waals surface area contributed by atoms with Gasteiger partial charge in [-0.3, -0.25) is 4.72 Å². The molecule has 1 aromatic rings. The van der Waals surface area contributed by atoms with E-state index in [1.54, 1.807) is 6.92 Å². The maximum atomic E-state index is 11.9. The van der Waals surface area contributed by atoms with Crippen LogP contribution in [0.4, 0.5) is 5.82 Å². The van der Waals surface area contributed by atoms with Crippen molar-refractivity contribution >= 4 is 21.6 Å². The van der Waals surface area contributed by atoms with Gasteiger partial charge in [-0.2, -0.15) is 0 Å². The third kappa shape index (κ3) is 2.62. The van der Waals surface area contributed by atoms with Crippen LogP contribution >= 0.6 is 0 Å². The minimum absolute atomic E-state index is 0.133. The molecule has 90 valence electrons. The third-order valence-electron chi connectivity index (χ3n) is 2.15. The Hall–Kier alpha value is -1.89. The van der Waals surface area contributed by atoms with Crippen molar-refractivity contribution in [3.8, 4) is 0 Å².